The predicted octanol–water partition coefficient (Wildman–Crippen LogP) is 4.43. The minimum Gasteiger partial charge on any atom is -0.369 e. The maximum Gasteiger partial charge on any atom is 0.404 e. The number of carbonyl (C=O) groups is 1. The largest absolute Gasteiger partial charge is 0.404 e. The molecule has 0 aliphatic heterocycles. The molecule has 0 bridgehead atoms. The highest BCUT2D eigenvalue weighted by atomic mass is 19.4. The van der Waals surface area contributed by atoms with Gasteiger partial charge in [0.05, 0.1) is 11.4 Å². The number of carbonyl (C=O) groups excluding carboxylic acids is 1. The summed E-state index contributed by atoms with van der Waals surface area (Å²) in [6.45, 7) is 0.102. The molecular formula is C23H19F6N5O. The second kappa shape index (κ2) is 9.16. The van der Waals surface area contributed by atoms with Crippen molar-refractivity contribution in [1.82, 2.24) is 15.2 Å². The number of primary amides is 1. The van der Waals surface area contributed by atoms with Gasteiger partial charge in [-0.25, -0.2) is 13.2 Å². The zero-order valence-corrected chi connectivity index (χ0v) is 18.0. The van der Waals surface area contributed by atoms with Crippen molar-refractivity contribution in [2.24, 2.45) is 5.73 Å². The van der Waals surface area contributed by atoms with Crippen LogP contribution in [0.3, 0.4) is 0 Å². The fourth-order valence-corrected chi connectivity index (χ4v) is 4.25. The lowest BCUT2D eigenvalue weighted by Crippen LogP contribution is -2.49. The van der Waals surface area contributed by atoms with Crippen molar-refractivity contribution >= 4 is 11.7 Å². The van der Waals surface area contributed by atoms with Crippen LogP contribution in [0.25, 0.3) is 11.3 Å². The summed E-state index contributed by atoms with van der Waals surface area (Å²) < 4.78 is 82.1. The van der Waals surface area contributed by atoms with Crippen LogP contribution >= 0.6 is 0 Å². The first-order valence-corrected chi connectivity index (χ1v) is 10.5. The Labute approximate surface area is 195 Å². The molecule has 1 aliphatic rings. The highest BCUT2D eigenvalue weighted by molar-refractivity contribution is 5.83. The van der Waals surface area contributed by atoms with Gasteiger partial charge in [-0.1, -0.05) is 6.07 Å². The van der Waals surface area contributed by atoms with Crippen LogP contribution in [0, 0.1) is 11.6 Å². The van der Waals surface area contributed by atoms with E-state index in [0.717, 1.165) is 18.2 Å². The average Bonchev–Trinajstić information content (AvgIpc) is 2.77. The number of hydrogen-bond donors (Lipinski definition) is 2. The molecule has 2 aromatic heterocycles. The highest BCUT2D eigenvalue weighted by Gasteiger charge is 2.48. The maximum absolute atomic E-state index is 14.4. The normalized spacial score (nSPS) is 20.7. The Hall–Kier alpha value is -3.70. The molecule has 2 heterocycles. The lowest BCUT2D eigenvalue weighted by molar-refractivity contribution is -0.162. The summed E-state index contributed by atoms with van der Waals surface area (Å²) in [7, 11) is 0. The first kappa shape index (κ1) is 24.4. The van der Waals surface area contributed by atoms with E-state index in [1.807, 2.05) is 0 Å². The minimum absolute atomic E-state index is 0.0671. The van der Waals surface area contributed by atoms with Gasteiger partial charge in [-0.3, -0.25) is 9.78 Å². The van der Waals surface area contributed by atoms with E-state index in [1.54, 1.807) is 0 Å². The summed E-state index contributed by atoms with van der Waals surface area (Å²) in [5, 5.41) is 10.7. The zero-order valence-electron chi connectivity index (χ0n) is 18.0. The maximum atomic E-state index is 14.4. The first-order valence-electron chi connectivity index (χ1n) is 10.5. The number of hydrogen-bond acceptors (Lipinski definition) is 5. The van der Waals surface area contributed by atoms with Crippen LogP contribution in [0.5, 0.6) is 0 Å². The number of nitrogens with zero attached hydrogens (tertiary/aromatic N) is 3. The van der Waals surface area contributed by atoms with Crippen LogP contribution in [-0.2, 0) is 10.2 Å². The van der Waals surface area contributed by atoms with E-state index in [-0.39, 0.29) is 42.2 Å². The standard InChI is InChI=1S/C23H19F6N5O/c24-13-9-22(10-13,20-16(26)2-1-7-31-20)11-32-18-6-5-17(33-34-18)14-8-12(3-4-15(14)25)19(21(30)35)23(27,28)29/h1-8,13,19H,9-11H2,(H2,30,35)(H,32,34). The third kappa shape index (κ3) is 4.91. The lowest BCUT2D eigenvalue weighted by Gasteiger charge is -2.44. The van der Waals surface area contributed by atoms with Crippen LogP contribution in [0.4, 0.5) is 32.2 Å². The Morgan fingerprint density at radius 1 is 1.11 bits per heavy atom. The second-order valence-electron chi connectivity index (χ2n) is 8.39. The topological polar surface area (TPSA) is 93.8 Å². The third-order valence-corrected chi connectivity index (χ3v) is 5.97. The number of anilines is 1. The quantitative estimate of drug-likeness (QED) is 0.473. The van der Waals surface area contributed by atoms with E-state index in [9.17, 15) is 31.1 Å². The number of nitrogens with two attached hydrogens (primary N) is 1. The molecule has 0 saturated heterocycles. The van der Waals surface area contributed by atoms with E-state index in [2.05, 4.69) is 20.5 Å². The second-order valence-corrected chi connectivity index (χ2v) is 8.39. The lowest BCUT2D eigenvalue weighted by atomic mass is 9.65. The molecule has 35 heavy (non-hydrogen) atoms. The Balaban J connectivity index is 1.55. The van der Waals surface area contributed by atoms with E-state index in [4.69, 9.17) is 5.73 Å². The fourth-order valence-electron chi connectivity index (χ4n) is 4.25. The Bertz CT molecular complexity index is 1230. The predicted molar refractivity (Wildman–Crippen MR) is 114 cm³/mol. The number of halogens is 6. The number of nitrogens with one attached hydrogen (secondary N) is 1. The number of pyridine rings is 1. The summed E-state index contributed by atoms with van der Waals surface area (Å²) in [6, 6.07) is 7.87. The van der Waals surface area contributed by atoms with E-state index < -0.39 is 46.8 Å². The highest BCUT2D eigenvalue weighted by Crippen LogP contribution is 2.45. The third-order valence-electron chi connectivity index (χ3n) is 5.97. The van der Waals surface area contributed by atoms with Gasteiger partial charge in [0.25, 0.3) is 0 Å². The molecule has 3 N–H and O–H groups in total. The van der Waals surface area contributed by atoms with Crippen molar-refractivity contribution in [3.05, 3.63) is 71.6 Å². The van der Waals surface area contributed by atoms with Gasteiger partial charge in [-0.2, -0.15) is 13.2 Å². The van der Waals surface area contributed by atoms with E-state index >= 15 is 0 Å². The molecule has 1 atom stereocenters. The number of alkyl halides is 4. The minimum atomic E-state index is -4.95. The SMILES string of the molecule is NC(=O)C(c1ccc(F)c(-c2ccc(NCC3(c4ncccc4F)CC(F)C3)nn2)c1)C(F)(F)F. The fraction of sp³-hybridized carbons (Fsp3) is 0.304. The number of rotatable bonds is 7. The molecule has 1 unspecified atom stereocenters. The molecule has 12 heteroatoms. The van der Waals surface area contributed by atoms with E-state index in [1.165, 1.54) is 30.5 Å². The molecular weight excluding hydrogens is 476 g/mol. The number of benzene rings is 1. The molecule has 4 rings (SSSR count). The Morgan fingerprint density at radius 2 is 1.86 bits per heavy atom. The molecule has 184 valence electrons. The molecule has 1 aliphatic carbocycles. The van der Waals surface area contributed by atoms with Crippen molar-refractivity contribution in [2.75, 3.05) is 11.9 Å². The van der Waals surface area contributed by atoms with Crippen LogP contribution in [0.15, 0.2) is 48.7 Å². The van der Waals surface area contributed by atoms with Crippen LogP contribution in [-0.4, -0.2) is 40.0 Å². The van der Waals surface area contributed by atoms with Crippen LogP contribution < -0.4 is 11.1 Å². The molecule has 0 radical (unpaired) electrons. The zero-order chi connectivity index (χ0) is 25.4. The number of aromatic nitrogens is 3. The van der Waals surface area contributed by atoms with Crippen molar-refractivity contribution in [3.63, 3.8) is 0 Å². The number of amides is 1. The summed E-state index contributed by atoms with van der Waals surface area (Å²) in [6.07, 6.45) is -4.49. The van der Waals surface area contributed by atoms with Crippen molar-refractivity contribution in [1.29, 1.82) is 0 Å². The first-order chi connectivity index (χ1) is 16.5. The van der Waals surface area contributed by atoms with Gasteiger partial charge in [-0.15, -0.1) is 10.2 Å². The van der Waals surface area contributed by atoms with Gasteiger partial charge >= 0.3 is 6.18 Å². The summed E-state index contributed by atoms with van der Waals surface area (Å²) in [4.78, 5) is 15.4. The van der Waals surface area contributed by atoms with Gasteiger partial charge in [-0.05, 0) is 54.8 Å². The van der Waals surface area contributed by atoms with E-state index in [0.29, 0.717) is 0 Å². The monoisotopic (exact) mass is 495 g/mol. The van der Waals surface area contributed by atoms with Gasteiger partial charge < -0.3 is 11.1 Å². The molecule has 1 fully saturated rings. The van der Waals surface area contributed by atoms with Crippen molar-refractivity contribution in [3.8, 4) is 11.3 Å². The summed E-state index contributed by atoms with van der Waals surface area (Å²) in [5.41, 5.74) is 3.24. The smallest absolute Gasteiger partial charge is 0.369 e. The molecule has 1 aromatic carbocycles. The summed E-state index contributed by atoms with van der Waals surface area (Å²) >= 11 is 0. The van der Waals surface area contributed by atoms with Crippen LogP contribution in [0.2, 0.25) is 0 Å². The molecule has 1 amide bonds. The average molecular weight is 495 g/mol. The molecule has 6 nitrogen and oxygen atoms in total. The van der Waals surface area contributed by atoms with Gasteiger partial charge in [0, 0.05) is 23.7 Å². The van der Waals surface area contributed by atoms with Gasteiger partial charge in [0.2, 0.25) is 5.91 Å². The molecule has 0 spiro atoms. The molecule has 3 aromatic rings. The summed E-state index contributed by atoms with van der Waals surface area (Å²) in [5.74, 6) is -5.45. The molecule has 1 saturated carbocycles. The van der Waals surface area contributed by atoms with Crippen LogP contribution in [0.1, 0.15) is 30.0 Å². The van der Waals surface area contributed by atoms with Gasteiger partial charge in [0.15, 0.2) is 5.92 Å². The Kier molecular flexibility index (Phi) is 6.39. The van der Waals surface area contributed by atoms with Gasteiger partial charge in [0.1, 0.15) is 23.6 Å². The van der Waals surface area contributed by atoms with Crippen molar-refractivity contribution < 1.29 is 31.1 Å². The Morgan fingerprint density at radius 3 is 2.43 bits per heavy atom. The van der Waals surface area contributed by atoms with Crippen molar-refractivity contribution in [2.45, 2.75) is 36.5 Å².